The predicted molar refractivity (Wildman–Crippen MR) is 95.0 cm³/mol. The van der Waals surface area contributed by atoms with Crippen molar-refractivity contribution in [2.45, 2.75) is 51.5 Å². The summed E-state index contributed by atoms with van der Waals surface area (Å²) < 4.78 is 13.8. The van der Waals surface area contributed by atoms with Gasteiger partial charge in [-0.25, -0.2) is 9.18 Å². The van der Waals surface area contributed by atoms with E-state index in [4.69, 9.17) is 0 Å². The molecule has 0 atom stereocenters. The highest BCUT2D eigenvalue weighted by atomic mass is 19.1. The zero-order valence-corrected chi connectivity index (χ0v) is 15.1. The van der Waals surface area contributed by atoms with Crippen LogP contribution >= 0.6 is 0 Å². The van der Waals surface area contributed by atoms with Crippen molar-refractivity contribution >= 4 is 23.5 Å². The SMILES string of the molecule is CCC1CCC2(CC1)NC(=O)N(CC(=O)Nc1cc(C)ccc1F)C2=O. The zero-order valence-electron chi connectivity index (χ0n) is 15.1. The van der Waals surface area contributed by atoms with E-state index in [0.29, 0.717) is 18.8 Å². The van der Waals surface area contributed by atoms with E-state index >= 15 is 0 Å². The molecule has 2 aliphatic rings. The molecule has 0 radical (unpaired) electrons. The number of aryl methyl sites for hydroxylation is 1. The molecule has 4 amide bonds. The van der Waals surface area contributed by atoms with Crippen molar-refractivity contribution in [3.63, 3.8) is 0 Å². The van der Waals surface area contributed by atoms with Crippen molar-refractivity contribution < 1.29 is 18.8 Å². The molecule has 1 aliphatic heterocycles. The largest absolute Gasteiger partial charge is 0.325 e. The lowest BCUT2D eigenvalue weighted by atomic mass is 9.75. The molecule has 1 aromatic carbocycles. The number of carbonyl (C=O) groups is 3. The van der Waals surface area contributed by atoms with Crippen molar-refractivity contribution in [1.82, 2.24) is 10.2 Å². The summed E-state index contributed by atoms with van der Waals surface area (Å²) in [6.45, 7) is 3.48. The molecule has 2 N–H and O–H groups in total. The summed E-state index contributed by atoms with van der Waals surface area (Å²) in [7, 11) is 0. The fraction of sp³-hybridized carbons (Fsp3) is 0.526. The van der Waals surface area contributed by atoms with Crippen LogP contribution in [0.2, 0.25) is 0 Å². The van der Waals surface area contributed by atoms with Crippen molar-refractivity contribution in [2.24, 2.45) is 5.92 Å². The summed E-state index contributed by atoms with van der Waals surface area (Å²) in [4.78, 5) is 38.2. The second-order valence-corrected chi connectivity index (χ2v) is 7.29. The Morgan fingerprint density at radius 3 is 2.69 bits per heavy atom. The van der Waals surface area contributed by atoms with E-state index in [1.165, 1.54) is 12.1 Å². The third-order valence-electron chi connectivity index (χ3n) is 5.48. The summed E-state index contributed by atoms with van der Waals surface area (Å²) in [5.74, 6) is -0.934. The van der Waals surface area contributed by atoms with Crippen molar-refractivity contribution in [1.29, 1.82) is 0 Å². The van der Waals surface area contributed by atoms with Gasteiger partial charge in [-0.1, -0.05) is 19.4 Å². The van der Waals surface area contributed by atoms with Gasteiger partial charge >= 0.3 is 6.03 Å². The molecular formula is C19H24FN3O3. The Morgan fingerprint density at radius 2 is 2.04 bits per heavy atom. The number of urea groups is 1. The Balaban J connectivity index is 1.66. The maximum atomic E-state index is 13.8. The van der Waals surface area contributed by atoms with Crippen molar-refractivity contribution in [3.8, 4) is 0 Å². The van der Waals surface area contributed by atoms with Gasteiger partial charge in [-0.2, -0.15) is 0 Å². The van der Waals surface area contributed by atoms with E-state index in [9.17, 15) is 18.8 Å². The lowest BCUT2D eigenvalue weighted by molar-refractivity contribution is -0.135. The molecule has 3 rings (SSSR count). The molecule has 1 saturated carbocycles. The van der Waals surface area contributed by atoms with Crippen LogP contribution in [0.3, 0.4) is 0 Å². The minimum absolute atomic E-state index is 0.0419. The minimum atomic E-state index is -0.877. The summed E-state index contributed by atoms with van der Waals surface area (Å²) in [6, 6.07) is 3.82. The maximum absolute atomic E-state index is 13.8. The Bertz CT molecular complexity index is 742. The van der Waals surface area contributed by atoms with E-state index < -0.39 is 29.8 Å². The lowest BCUT2D eigenvalue weighted by Gasteiger charge is -2.34. The minimum Gasteiger partial charge on any atom is -0.323 e. The summed E-state index contributed by atoms with van der Waals surface area (Å²) in [5.41, 5.74) is -0.0407. The topological polar surface area (TPSA) is 78.5 Å². The first-order valence-corrected chi connectivity index (χ1v) is 9.05. The van der Waals surface area contributed by atoms with E-state index in [2.05, 4.69) is 17.6 Å². The van der Waals surface area contributed by atoms with E-state index in [1.54, 1.807) is 13.0 Å². The number of benzene rings is 1. The zero-order chi connectivity index (χ0) is 18.9. The number of amides is 4. The average Bonchev–Trinajstić information content (AvgIpc) is 2.83. The van der Waals surface area contributed by atoms with Crippen molar-refractivity contribution in [2.75, 3.05) is 11.9 Å². The highest BCUT2D eigenvalue weighted by molar-refractivity contribution is 6.10. The predicted octanol–water partition coefficient (Wildman–Crippen LogP) is 2.96. The smallest absolute Gasteiger partial charge is 0.323 e. The molecule has 1 heterocycles. The number of imide groups is 1. The van der Waals surface area contributed by atoms with Crippen LogP contribution in [0.5, 0.6) is 0 Å². The van der Waals surface area contributed by atoms with Gasteiger partial charge in [0.25, 0.3) is 5.91 Å². The number of rotatable bonds is 4. The number of halogens is 1. The van der Waals surface area contributed by atoms with Gasteiger partial charge in [0.1, 0.15) is 17.9 Å². The van der Waals surface area contributed by atoms with Crippen LogP contribution < -0.4 is 10.6 Å². The number of nitrogens with zero attached hydrogens (tertiary/aromatic N) is 1. The first kappa shape index (κ1) is 18.4. The van der Waals surface area contributed by atoms with E-state index in [-0.39, 0.29) is 11.6 Å². The molecule has 0 aromatic heterocycles. The van der Waals surface area contributed by atoms with Gasteiger partial charge in [0.05, 0.1) is 5.69 Å². The Labute approximate surface area is 152 Å². The van der Waals surface area contributed by atoms with Crippen LogP contribution in [0.25, 0.3) is 0 Å². The highest BCUT2D eigenvalue weighted by Crippen LogP contribution is 2.37. The molecule has 2 fully saturated rings. The molecule has 1 aliphatic carbocycles. The summed E-state index contributed by atoms with van der Waals surface area (Å²) >= 11 is 0. The normalized spacial score (nSPS) is 25.5. The monoisotopic (exact) mass is 361 g/mol. The molecule has 1 spiro atoms. The first-order chi connectivity index (χ1) is 12.3. The number of hydrogen-bond acceptors (Lipinski definition) is 3. The molecule has 1 saturated heterocycles. The molecule has 6 nitrogen and oxygen atoms in total. The van der Waals surface area contributed by atoms with Gasteiger partial charge < -0.3 is 10.6 Å². The van der Waals surface area contributed by atoms with Crippen molar-refractivity contribution in [3.05, 3.63) is 29.6 Å². The molecule has 140 valence electrons. The number of anilines is 1. The third-order valence-corrected chi connectivity index (χ3v) is 5.48. The van der Waals surface area contributed by atoms with Crippen LogP contribution in [0, 0.1) is 18.7 Å². The summed E-state index contributed by atoms with van der Waals surface area (Å²) in [5, 5.41) is 5.23. The molecule has 7 heteroatoms. The Kier molecular flexibility index (Phi) is 4.98. The van der Waals surface area contributed by atoms with E-state index in [1.807, 2.05) is 0 Å². The average molecular weight is 361 g/mol. The van der Waals surface area contributed by atoms with Gasteiger partial charge in [-0.15, -0.1) is 0 Å². The van der Waals surface area contributed by atoms with Gasteiger partial charge in [-0.3, -0.25) is 14.5 Å². The maximum Gasteiger partial charge on any atom is 0.325 e. The van der Waals surface area contributed by atoms with Crippen LogP contribution in [0.4, 0.5) is 14.9 Å². The third kappa shape index (κ3) is 3.43. The van der Waals surface area contributed by atoms with E-state index in [0.717, 1.165) is 29.7 Å². The quantitative estimate of drug-likeness (QED) is 0.810. The van der Waals surface area contributed by atoms with Gasteiger partial charge in [0, 0.05) is 0 Å². The molecule has 1 aromatic rings. The fourth-order valence-corrected chi connectivity index (χ4v) is 3.81. The number of hydrogen-bond donors (Lipinski definition) is 2. The van der Waals surface area contributed by atoms with Gasteiger partial charge in [0.2, 0.25) is 5.91 Å². The second-order valence-electron chi connectivity index (χ2n) is 7.29. The first-order valence-electron chi connectivity index (χ1n) is 9.05. The number of carbonyl (C=O) groups excluding carboxylic acids is 3. The Hall–Kier alpha value is -2.44. The Morgan fingerprint density at radius 1 is 1.35 bits per heavy atom. The molecule has 26 heavy (non-hydrogen) atoms. The standard InChI is InChI=1S/C19H24FN3O3/c1-3-13-6-8-19(9-7-13)17(25)23(18(26)22-19)11-16(24)21-15-10-12(2)4-5-14(15)20/h4-5,10,13H,3,6-9,11H2,1-2H3,(H,21,24)(H,22,26). The summed E-state index contributed by atoms with van der Waals surface area (Å²) in [6.07, 6.45) is 4.03. The fourth-order valence-electron chi connectivity index (χ4n) is 3.81. The molecule has 0 bridgehead atoms. The highest BCUT2D eigenvalue weighted by Gasteiger charge is 2.52. The van der Waals surface area contributed by atoms with Crippen LogP contribution in [0.1, 0.15) is 44.6 Å². The van der Waals surface area contributed by atoms with Crippen LogP contribution in [-0.4, -0.2) is 34.8 Å². The van der Waals surface area contributed by atoms with Crippen LogP contribution in [0.15, 0.2) is 18.2 Å². The molecular weight excluding hydrogens is 337 g/mol. The van der Waals surface area contributed by atoms with Gasteiger partial charge in [-0.05, 0) is 56.2 Å². The van der Waals surface area contributed by atoms with Crippen LogP contribution in [-0.2, 0) is 9.59 Å². The lowest BCUT2D eigenvalue weighted by Crippen LogP contribution is -2.49. The van der Waals surface area contributed by atoms with Gasteiger partial charge in [0.15, 0.2) is 0 Å². The molecule has 0 unspecified atom stereocenters. The number of nitrogens with one attached hydrogen (secondary N) is 2. The second kappa shape index (κ2) is 7.05.